The van der Waals surface area contributed by atoms with E-state index in [4.69, 9.17) is 11.6 Å². The first-order valence-electron chi connectivity index (χ1n) is 7.48. The van der Waals surface area contributed by atoms with Crippen molar-refractivity contribution >= 4 is 17.5 Å². The minimum Gasteiger partial charge on any atom is -0.352 e. The van der Waals surface area contributed by atoms with Gasteiger partial charge in [0.05, 0.1) is 5.41 Å². The van der Waals surface area contributed by atoms with Crippen LogP contribution in [0.2, 0.25) is 5.02 Å². The lowest BCUT2D eigenvalue weighted by molar-refractivity contribution is -0.127. The highest BCUT2D eigenvalue weighted by molar-refractivity contribution is 6.30. The van der Waals surface area contributed by atoms with Gasteiger partial charge in [0.2, 0.25) is 5.91 Å². The molecule has 3 heteroatoms. The van der Waals surface area contributed by atoms with Crippen LogP contribution >= 0.6 is 11.6 Å². The van der Waals surface area contributed by atoms with Crippen molar-refractivity contribution in [1.29, 1.82) is 0 Å². The van der Waals surface area contributed by atoms with Gasteiger partial charge in [-0.3, -0.25) is 4.79 Å². The van der Waals surface area contributed by atoms with Gasteiger partial charge in [-0.2, -0.15) is 0 Å². The molecule has 0 aliphatic heterocycles. The summed E-state index contributed by atoms with van der Waals surface area (Å²) in [6, 6.07) is 7.90. The molecule has 2 nitrogen and oxygen atoms in total. The van der Waals surface area contributed by atoms with Gasteiger partial charge < -0.3 is 5.32 Å². The zero-order valence-corrected chi connectivity index (χ0v) is 13.3. The molecule has 1 N–H and O–H groups in total. The lowest BCUT2D eigenvalue weighted by atomic mass is 9.81. The number of benzene rings is 1. The molecule has 2 atom stereocenters. The summed E-state index contributed by atoms with van der Waals surface area (Å²) in [5.74, 6) is 0.668. The maximum absolute atomic E-state index is 12.6. The van der Waals surface area contributed by atoms with Crippen LogP contribution in [0.15, 0.2) is 24.3 Å². The Morgan fingerprint density at radius 3 is 2.65 bits per heavy atom. The summed E-state index contributed by atoms with van der Waals surface area (Å²) < 4.78 is 0. The molecule has 1 saturated carbocycles. The average molecular weight is 294 g/mol. The number of rotatable bonds is 3. The number of carbonyl (C=O) groups is 1. The highest BCUT2D eigenvalue weighted by Gasteiger charge is 2.33. The monoisotopic (exact) mass is 293 g/mol. The smallest absolute Gasteiger partial charge is 0.230 e. The van der Waals surface area contributed by atoms with E-state index >= 15 is 0 Å². The topological polar surface area (TPSA) is 29.1 Å². The summed E-state index contributed by atoms with van der Waals surface area (Å²) in [4.78, 5) is 12.6. The number of hydrogen-bond acceptors (Lipinski definition) is 1. The van der Waals surface area contributed by atoms with E-state index in [1.165, 1.54) is 19.3 Å². The van der Waals surface area contributed by atoms with Gasteiger partial charge in [-0.1, -0.05) is 43.5 Å². The lowest BCUT2D eigenvalue weighted by Crippen LogP contribution is -2.48. The van der Waals surface area contributed by atoms with Crippen molar-refractivity contribution in [2.24, 2.45) is 5.92 Å². The van der Waals surface area contributed by atoms with Crippen LogP contribution in [-0.2, 0) is 10.2 Å². The highest BCUT2D eigenvalue weighted by atomic mass is 35.5. The summed E-state index contributed by atoms with van der Waals surface area (Å²) >= 11 is 6.04. The summed E-state index contributed by atoms with van der Waals surface area (Å²) in [7, 11) is 0. The highest BCUT2D eigenvalue weighted by Crippen LogP contribution is 2.28. The molecule has 110 valence electrons. The van der Waals surface area contributed by atoms with E-state index in [2.05, 4.69) is 12.2 Å². The molecular weight excluding hydrogens is 270 g/mol. The van der Waals surface area contributed by atoms with Crippen LogP contribution in [-0.4, -0.2) is 11.9 Å². The van der Waals surface area contributed by atoms with E-state index < -0.39 is 5.41 Å². The maximum Gasteiger partial charge on any atom is 0.230 e. The van der Waals surface area contributed by atoms with Crippen molar-refractivity contribution in [2.75, 3.05) is 0 Å². The molecule has 20 heavy (non-hydrogen) atoms. The fourth-order valence-electron chi connectivity index (χ4n) is 2.89. The van der Waals surface area contributed by atoms with Crippen molar-refractivity contribution in [3.63, 3.8) is 0 Å². The van der Waals surface area contributed by atoms with E-state index in [1.807, 2.05) is 38.1 Å². The van der Waals surface area contributed by atoms with Crippen molar-refractivity contribution < 1.29 is 4.79 Å². The zero-order valence-electron chi connectivity index (χ0n) is 12.6. The third-order valence-corrected chi connectivity index (χ3v) is 4.78. The van der Waals surface area contributed by atoms with E-state index in [0.29, 0.717) is 17.0 Å². The molecule has 0 aromatic heterocycles. The molecule has 0 bridgehead atoms. The van der Waals surface area contributed by atoms with Crippen molar-refractivity contribution in [2.45, 2.75) is 57.9 Å². The Bertz CT molecular complexity index is 484. The normalized spacial score (nSPS) is 23.4. The van der Waals surface area contributed by atoms with E-state index in [0.717, 1.165) is 12.0 Å². The molecule has 1 aromatic rings. The Kier molecular flexibility index (Phi) is 4.74. The SMILES string of the molecule is CC1CCCCC1NC(=O)C(C)(C)c1cccc(Cl)c1. The van der Waals surface area contributed by atoms with Gasteiger partial charge in [0.25, 0.3) is 0 Å². The second-order valence-electron chi connectivity index (χ2n) is 6.48. The van der Waals surface area contributed by atoms with Crippen LogP contribution in [0.1, 0.15) is 52.0 Å². The van der Waals surface area contributed by atoms with Crippen LogP contribution in [0.3, 0.4) is 0 Å². The largest absolute Gasteiger partial charge is 0.352 e. The Hall–Kier alpha value is -1.02. The van der Waals surface area contributed by atoms with Crippen LogP contribution < -0.4 is 5.32 Å². The van der Waals surface area contributed by atoms with Gasteiger partial charge in [0.15, 0.2) is 0 Å². The molecular formula is C17H24ClNO. The van der Waals surface area contributed by atoms with Crippen LogP contribution in [0.5, 0.6) is 0 Å². The Balaban J connectivity index is 2.10. The molecule has 1 aliphatic rings. The molecule has 1 aliphatic carbocycles. The molecule has 0 spiro atoms. The summed E-state index contributed by atoms with van der Waals surface area (Å²) in [6.45, 7) is 6.15. The van der Waals surface area contributed by atoms with E-state index in [9.17, 15) is 4.79 Å². The summed E-state index contributed by atoms with van der Waals surface area (Å²) in [5, 5.41) is 3.92. The number of amides is 1. The molecule has 1 aromatic carbocycles. The minimum absolute atomic E-state index is 0.0958. The first kappa shape index (κ1) is 15.4. The molecule has 0 heterocycles. The minimum atomic E-state index is -0.554. The lowest BCUT2D eigenvalue weighted by Gasteiger charge is -2.33. The van der Waals surface area contributed by atoms with Crippen LogP contribution in [0.4, 0.5) is 0 Å². The standard InChI is InChI=1S/C17H24ClNO/c1-12-7-4-5-10-15(12)19-16(20)17(2,3)13-8-6-9-14(18)11-13/h6,8-9,11-12,15H,4-5,7,10H2,1-3H3,(H,19,20). The first-order valence-corrected chi connectivity index (χ1v) is 7.86. The number of halogens is 1. The van der Waals surface area contributed by atoms with Crippen LogP contribution in [0, 0.1) is 5.92 Å². The molecule has 2 unspecified atom stereocenters. The zero-order chi connectivity index (χ0) is 14.8. The molecule has 1 amide bonds. The van der Waals surface area contributed by atoms with Gasteiger partial charge in [-0.15, -0.1) is 0 Å². The summed E-state index contributed by atoms with van der Waals surface area (Å²) in [6.07, 6.45) is 4.80. The first-order chi connectivity index (χ1) is 9.41. The molecule has 1 fully saturated rings. The molecule has 0 radical (unpaired) electrons. The average Bonchev–Trinajstić information content (AvgIpc) is 2.41. The third-order valence-electron chi connectivity index (χ3n) is 4.54. The predicted octanol–water partition coefficient (Wildman–Crippen LogP) is 4.31. The fourth-order valence-corrected chi connectivity index (χ4v) is 3.08. The number of nitrogens with one attached hydrogen (secondary N) is 1. The second kappa shape index (κ2) is 6.17. The quantitative estimate of drug-likeness (QED) is 0.884. The van der Waals surface area contributed by atoms with Gasteiger partial charge in [0, 0.05) is 11.1 Å². The van der Waals surface area contributed by atoms with Gasteiger partial charge in [0.1, 0.15) is 0 Å². The molecule has 0 saturated heterocycles. The van der Waals surface area contributed by atoms with Gasteiger partial charge in [-0.25, -0.2) is 0 Å². The number of carbonyl (C=O) groups excluding carboxylic acids is 1. The van der Waals surface area contributed by atoms with Crippen molar-refractivity contribution in [3.05, 3.63) is 34.9 Å². The maximum atomic E-state index is 12.6. The Morgan fingerprint density at radius 1 is 1.30 bits per heavy atom. The van der Waals surface area contributed by atoms with Gasteiger partial charge >= 0.3 is 0 Å². The predicted molar refractivity (Wildman–Crippen MR) is 84.0 cm³/mol. The van der Waals surface area contributed by atoms with Crippen LogP contribution in [0.25, 0.3) is 0 Å². The van der Waals surface area contributed by atoms with Crippen molar-refractivity contribution in [3.8, 4) is 0 Å². The van der Waals surface area contributed by atoms with E-state index in [1.54, 1.807) is 0 Å². The molecule has 2 rings (SSSR count). The Labute approximate surface area is 126 Å². The van der Waals surface area contributed by atoms with Crippen molar-refractivity contribution in [1.82, 2.24) is 5.32 Å². The second-order valence-corrected chi connectivity index (χ2v) is 6.91. The van der Waals surface area contributed by atoms with E-state index in [-0.39, 0.29) is 5.91 Å². The number of hydrogen-bond donors (Lipinski definition) is 1. The third kappa shape index (κ3) is 3.35. The Morgan fingerprint density at radius 2 is 2.00 bits per heavy atom. The fraction of sp³-hybridized carbons (Fsp3) is 0.588. The van der Waals surface area contributed by atoms with Gasteiger partial charge in [-0.05, 0) is 50.3 Å². The summed E-state index contributed by atoms with van der Waals surface area (Å²) in [5.41, 5.74) is 0.410.